The van der Waals surface area contributed by atoms with Gasteiger partial charge in [0.25, 0.3) is 0 Å². The predicted octanol–water partition coefficient (Wildman–Crippen LogP) is 14.6. The number of rotatable bonds is 5. The molecule has 1 nitrogen and oxygen atoms in total. The minimum absolute atomic E-state index is 0.159. The highest BCUT2D eigenvalue weighted by Crippen LogP contribution is 2.61. The van der Waals surface area contributed by atoms with Crippen molar-refractivity contribution < 1.29 is 0 Å². The van der Waals surface area contributed by atoms with Crippen molar-refractivity contribution in [2.24, 2.45) is 0 Å². The lowest BCUT2D eigenvalue weighted by atomic mass is 9.68. The molecule has 266 valence electrons. The minimum atomic E-state index is 0.159. The van der Waals surface area contributed by atoms with Gasteiger partial charge in [0.2, 0.25) is 0 Å². The maximum atomic E-state index is 2.51. The number of allylic oxidation sites excluding steroid dienone is 4. The first-order valence-electron chi connectivity index (χ1n) is 20.0. The number of benzene rings is 9. The van der Waals surface area contributed by atoms with E-state index in [0.29, 0.717) is 0 Å². The second kappa shape index (κ2) is 12.7. The molecule has 0 N–H and O–H groups in total. The molecule has 0 saturated carbocycles. The second-order valence-electron chi connectivity index (χ2n) is 15.6. The first kappa shape index (κ1) is 32.1. The van der Waals surface area contributed by atoms with E-state index in [1.54, 1.807) is 0 Å². The van der Waals surface area contributed by atoms with Gasteiger partial charge >= 0.3 is 0 Å². The van der Waals surface area contributed by atoms with Crippen molar-refractivity contribution >= 4 is 60.1 Å². The molecule has 0 spiro atoms. The van der Waals surface area contributed by atoms with E-state index < -0.39 is 0 Å². The number of hydrogen-bond donors (Lipinski definition) is 0. The third kappa shape index (κ3) is 4.89. The van der Waals surface area contributed by atoms with E-state index >= 15 is 0 Å². The van der Waals surface area contributed by atoms with Crippen molar-refractivity contribution in [1.82, 2.24) is 4.57 Å². The Morgan fingerprint density at radius 2 is 1.05 bits per heavy atom. The molecule has 10 aromatic rings. The Bertz CT molecular complexity index is 3270. The van der Waals surface area contributed by atoms with Crippen molar-refractivity contribution in [3.63, 3.8) is 0 Å². The fourth-order valence-corrected chi connectivity index (χ4v) is 10.2. The molecular weight excluding hydrogens is 687 g/mol. The second-order valence-corrected chi connectivity index (χ2v) is 15.6. The normalized spacial score (nSPS) is 16.1. The molecular formula is C56H37N. The summed E-state index contributed by atoms with van der Waals surface area (Å²) in [5, 5.41) is 7.85. The highest BCUT2D eigenvalue weighted by Gasteiger charge is 2.42. The number of nitrogens with zero attached hydrogens (tertiary/aromatic N) is 1. The van der Waals surface area contributed by atoms with Crippen molar-refractivity contribution in [2.45, 2.75) is 11.8 Å². The van der Waals surface area contributed by atoms with Crippen molar-refractivity contribution in [3.05, 3.63) is 240 Å². The Kier molecular flexibility index (Phi) is 7.12. The van der Waals surface area contributed by atoms with Gasteiger partial charge in [0, 0.05) is 28.3 Å². The van der Waals surface area contributed by atoms with Gasteiger partial charge in [0.1, 0.15) is 0 Å². The molecule has 0 bridgehead atoms. The number of fused-ring (bicyclic) bond motifs is 8. The molecule has 12 rings (SSSR count). The summed E-state index contributed by atoms with van der Waals surface area (Å²) in [6.07, 6.45) is 2.51. The van der Waals surface area contributed by atoms with Crippen molar-refractivity contribution in [1.29, 1.82) is 0 Å². The van der Waals surface area contributed by atoms with Gasteiger partial charge in [-0.2, -0.15) is 0 Å². The smallest absolute Gasteiger partial charge is 0.0547 e. The van der Waals surface area contributed by atoms with Crippen LogP contribution in [-0.2, 0) is 0 Å². The third-order valence-electron chi connectivity index (χ3n) is 12.6. The first-order chi connectivity index (χ1) is 28.3. The van der Waals surface area contributed by atoms with E-state index in [1.807, 2.05) is 0 Å². The Labute approximate surface area is 332 Å². The van der Waals surface area contributed by atoms with E-state index in [0.717, 1.165) is 5.69 Å². The molecule has 1 aromatic heterocycles. The predicted molar refractivity (Wildman–Crippen MR) is 241 cm³/mol. The lowest BCUT2D eigenvalue weighted by Crippen LogP contribution is -2.17. The van der Waals surface area contributed by atoms with Crippen LogP contribution in [0, 0.1) is 0 Å². The summed E-state index contributed by atoms with van der Waals surface area (Å²) in [6, 6.07) is 76.4. The van der Waals surface area contributed by atoms with Gasteiger partial charge in [-0.15, -0.1) is 0 Å². The molecule has 0 radical (unpaired) electrons. The zero-order valence-corrected chi connectivity index (χ0v) is 31.3. The SMILES string of the molecule is C1=C(c2ccc(-c3cccc(-n4c5ccccc5c5c6ccccc6ccc54)c3)cc2)C(c2ccccc2)C2C(=C1c1ccccc1)c1cccc3cccc2c13. The van der Waals surface area contributed by atoms with Crippen LogP contribution in [0.15, 0.2) is 212 Å². The zero-order valence-electron chi connectivity index (χ0n) is 31.3. The summed E-state index contributed by atoms with van der Waals surface area (Å²) >= 11 is 0. The maximum absolute atomic E-state index is 2.51. The van der Waals surface area contributed by atoms with Crippen LogP contribution in [0.3, 0.4) is 0 Å². The Hall–Kier alpha value is -7.22. The molecule has 0 fully saturated rings. The monoisotopic (exact) mass is 723 g/mol. The van der Waals surface area contributed by atoms with E-state index in [2.05, 4.69) is 217 Å². The maximum Gasteiger partial charge on any atom is 0.0547 e. The summed E-state index contributed by atoms with van der Waals surface area (Å²) in [4.78, 5) is 0. The van der Waals surface area contributed by atoms with Gasteiger partial charge in [-0.3, -0.25) is 0 Å². The van der Waals surface area contributed by atoms with E-state index in [1.165, 1.54) is 99.0 Å². The molecule has 1 heteroatoms. The van der Waals surface area contributed by atoms with Gasteiger partial charge in [-0.25, -0.2) is 0 Å². The zero-order chi connectivity index (χ0) is 37.5. The number of hydrogen-bond acceptors (Lipinski definition) is 0. The summed E-state index contributed by atoms with van der Waals surface area (Å²) < 4.78 is 2.43. The molecule has 57 heavy (non-hydrogen) atoms. The molecule has 2 aliphatic carbocycles. The van der Waals surface area contributed by atoms with E-state index in [9.17, 15) is 0 Å². The van der Waals surface area contributed by atoms with Gasteiger partial charge in [-0.05, 0) is 108 Å². The van der Waals surface area contributed by atoms with Crippen molar-refractivity contribution in [3.8, 4) is 16.8 Å². The van der Waals surface area contributed by atoms with Crippen LogP contribution in [0.25, 0.3) is 76.9 Å². The summed E-state index contributed by atoms with van der Waals surface area (Å²) in [7, 11) is 0. The molecule has 0 amide bonds. The van der Waals surface area contributed by atoms with E-state index in [4.69, 9.17) is 0 Å². The molecule has 2 aliphatic rings. The fraction of sp³-hybridized carbons (Fsp3) is 0.0357. The molecule has 1 heterocycles. The Balaban J connectivity index is 1.01. The lowest BCUT2D eigenvalue weighted by Gasteiger charge is -2.35. The van der Waals surface area contributed by atoms with Crippen LogP contribution in [0.1, 0.15) is 39.7 Å². The summed E-state index contributed by atoms with van der Waals surface area (Å²) in [5.74, 6) is 0.357. The molecule has 0 aliphatic heterocycles. The van der Waals surface area contributed by atoms with Crippen LogP contribution in [0.2, 0.25) is 0 Å². The van der Waals surface area contributed by atoms with Crippen LogP contribution < -0.4 is 0 Å². The lowest BCUT2D eigenvalue weighted by molar-refractivity contribution is 0.780. The molecule has 2 unspecified atom stereocenters. The quantitative estimate of drug-likeness (QED) is 0.167. The van der Waals surface area contributed by atoms with Gasteiger partial charge in [0.15, 0.2) is 0 Å². The minimum Gasteiger partial charge on any atom is -0.309 e. The average Bonchev–Trinajstić information content (AvgIpc) is 3.81. The fourth-order valence-electron chi connectivity index (χ4n) is 10.2. The average molecular weight is 724 g/mol. The Morgan fingerprint density at radius 3 is 1.89 bits per heavy atom. The summed E-state index contributed by atoms with van der Waals surface area (Å²) in [6.45, 7) is 0. The topological polar surface area (TPSA) is 4.93 Å². The largest absolute Gasteiger partial charge is 0.309 e. The van der Waals surface area contributed by atoms with Crippen LogP contribution >= 0.6 is 0 Å². The molecule has 0 saturated heterocycles. The molecule has 9 aromatic carbocycles. The number of aromatic nitrogens is 1. The first-order valence-corrected chi connectivity index (χ1v) is 20.0. The Morgan fingerprint density at radius 1 is 0.386 bits per heavy atom. The number of para-hydroxylation sites is 1. The van der Waals surface area contributed by atoms with Gasteiger partial charge in [0.05, 0.1) is 11.0 Å². The van der Waals surface area contributed by atoms with Crippen LogP contribution in [-0.4, -0.2) is 4.57 Å². The van der Waals surface area contributed by atoms with Crippen LogP contribution in [0.4, 0.5) is 0 Å². The van der Waals surface area contributed by atoms with E-state index in [-0.39, 0.29) is 11.8 Å². The highest BCUT2D eigenvalue weighted by molar-refractivity contribution is 6.21. The van der Waals surface area contributed by atoms with Crippen molar-refractivity contribution in [2.75, 3.05) is 0 Å². The third-order valence-corrected chi connectivity index (χ3v) is 12.6. The summed E-state index contributed by atoms with van der Waals surface area (Å²) in [5.41, 5.74) is 16.8. The van der Waals surface area contributed by atoms with Crippen LogP contribution in [0.5, 0.6) is 0 Å². The van der Waals surface area contributed by atoms with Gasteiger partial charge in [-0.1, -0.05) is 182 Å². The van der Waals surface area contributed by atoms with Gasteiger partial charge < -0.3 is 4.57 Å². The standard InChI is InChI=1S/C56H37N/c1-3-14-37(15-4-1)49-35-48(53(41-17-5-2-6-18-41)56-47-26-13-20-40-19-12-25-46(52(40)47)55(49)56)39-30-28-36(29-31-39)42-21-11-22-43(34-42)57-50-27-10-9-24-45(50)54-44-23-8-7-16-38(44)32-33-51(54)57/h1-35,53,56H. The molecule has 2 atom stereocenters. The highest BCUT2D eigenvalue weighted by atomic mass is 15.0.